The van der Waals surface area contributed by atoms with Crippen molar-refractivity contribution in [1.29, 1.82) is 0 Å². The molecule has 4 unspecified atom stereocenters. The number of halogens is 3. The van der Waals surface area contributed by atoms with Gasteiger partial charge in [0.25, 0.3) is 0 Å². The number of nitrogens with zero attached hydrogens (tertiary/aromatic N) is 1. The lowest BCUT2D eigenvalue weighted by Gasteiger charge is -2.46. The smallest absolute Gasteiger partial charge is 0.410 e. The van der Waals surface area contributed by atoms with E-state index in [4.69, 9.17) is 4.74 Å². The predicted octanol–water partition coefficient (Wildman–Crippen LogP) is 12.4. The molecule has 64 heavy (non-hydrogen) atoms. The fraction of sp³-hybridized carbons (Fsp3) is 0.296. The van der Waals surface area contributed by atoms with Crippen LogP contribution >= 0.6 is 0 Å². The van der Waals surface area contributed by atoms with Gasteiger partial charge in [-0.05, 0) is 127 Å². The Bertz CT molecular complexity index is 2660. The highest BCUT2D eigenvalue weighted by Crippen LogP contribution is 2.59. The van der Waals surface area contributed by atoms with E-state index in [1.807, 2.05) is 117 Å². The zero-order valence-corrected chi connectivity index (χ0v) is 36.0. The monoisotopic (exact) mass is 867 g/mol. The van der Waals surface area contributed by atoms with Gasteiger partial charge in [0.05, 0.1) is 18.2 Å². The van der Waals surface area contributed by atoms with Crippen molar-refractivity contribution >= 4 is 22.6 Å². The number of allylic oxidation sites excluding steroid dienone is 2. The third kappa shape index (κ3) is 9.78. The molecule has 0 saturated heterocycles. The molecule has 0 aromatic heterocycles. The van der Waals surface area contributed by atoms with E-state index in [0.29, 0.717) is 61.0 Å². The van der Waals surface area contributed by atoms with Crippen molar-refractivity contribution in [2.75, 3.05) is 6.54 Å². The van der Waals surface area contributed by atoms with Crippen LogP contribution in [0.25, 0.3) is 21.9 Å². The van der Waals surface area contributed by atoms with Crippen molar-refractivity contribution in [2.45, 2.75) is 89.3 Å². The fourth-order valence-corrected chi connectivity index (χ4v) is 9.81. The van der Waals surface area contributed by atoms with E-state index < -0.39 is 35.3 Å². The van der Waals surface area contributed by atoms with Crippen molar-refractivity contribution in [3.8, 4) is 22.6 Å². The second-order valence-electron chi connectivity index (χ2n) is 17.6. The molecule has 3 aliphatic rings. The number of fused-ring (bicyclic) bond motifs is 9. The summed E-state index contributed by atoms with van der Waals surface area (Å²) in [5, 5.41) is 26.3. The molecule has 1 amide bonds. The van der Waals surface area contributed by atoms with Crippen molar-refractivity contribution in [2.24, 2.45) is 5.41 Å². The van der Waals surface area contributed by atoms with E-state index in [1.165, 1.54) is 29.2 Å². The van der Waals surface area contributed by atoms with E-state index >= 15 is 4.79 Å². The number of benzene rings is 6. The molecule has 6 aromatic rings. The second kappa shape index (κ2) is 18.5. The normalized spacial score (nSPS) is 21.4. The summed E-state index contributed by atoms with van der Waals surface area (Å²) < 4.78 is 49.3. The van der Waals surface area contributed by atoms with Crippen LogP contribution in [0.4, 0.5) is 18.0 Å². The van der Waals surface area contributed by atoms with Gasteiger partial charge in [-0.3, -0.25) is 4.79 Å². The number of ketones is 1. The second-order valence-corrected chi connectivity index (χ2v) is 17.6. The first kappa shape index (κ1) is 44.4. The van der Waals surface area contributed by atoms with Crippen molar-refractivity contribution in [3.05, 3.63) is 179 Å². The molecule has 7 nitrogen and oxygen atoms in total. The van der Waals surface area contributed by atoms with Crippen LogP contribution in [0.2, 0.25) is 0 Å². The zero-order chi connectivity index (χ0) is 45.1. The molecule has 330 valence electrons. The maximum Gasteiger partial charge on any atom is 0.573 e. The number of aliphatic hydroxyl groups is 2. The van der Waals surface area contributed by atoms with E-state index in [2.05, 4.69) is 10.8 Å². The molecular formula is C54H52F3NO6. The van der Waals surface area contributed by atoms with E-state index in [9.17, 15) is 28.2 Å². The lowest BCUT2D eigenvalue weighted by molar-refractivity contribution is -0.274. The predicted molar refractivity (Wildman–Crippen MR) is 242 cm³/mol. The highest BCUT2D eigenvalue weighted by Gasteiger charge is 2.58. The Labute approximate surface area is 371 Å². The molecule has 1 fully saturated rings. The molecule has 0 spiro atoms. The van der Waals surface area contributed by atoms with Gasteiger partial charge in [0.15, 0.2) is 5.78 Å². The van der Waals surface area contributed by atoms with Crippen LogP contribution < -0.4 is 9.47 Å². The standard InChI is InChI=1S/C54H52F3NO6/c1-36-11-10-29-52(2)49(46-27-21-38(31-42(59)23-18-36)32-48(46)50(60)47-17-9-8-16-45(47)40-13-4-3-5-14-40)28-30-53(52,62)35-58(34-37-19-24-43(25-20-37)64-54(55,56)57)51(61)63-44-26-22-39-12-6-7-15-41(39)33-44/h3-9,11-17,19-22,24-27,32-33,42,49,59,62H,10,18,23,28-31,34-35H2,1-2H3. The summed E-state index contributed by atoms with van der Waals surface area (Å²) in [7, 11) is 0. The number of alkyl halides is 3. The van der Waals surface area contributed by atoms with E-state index in [1.54, 1.807) is 12.1 Å². The van der Waals surface area contributed by atoms with Crippen LogP contribution in [0.1, 0.15) is 90.9 Å². The van der Waals surface area contributed by atoms with Gasteiger partial charge in [0.1, 0.15) is 11.5 Å². The van der Waals surface area contributed by atoms with Gasteiger partial charge in [-0.15, -0.1) is 13.2 Å². The van der Waals surface area contributed by atoms with Crippen molar-refractivity contribution in [1.82, 2.24) is 4.90 Å². The first-order valence-electron chi connectivity index (χ1n) is 21.9. The van der Waals surface area contributed by atoms with Gasteiger partial charge >= 0.3 is 12.5 Å². The molecule has 1 saturated carbocycles. The Hall–Kier alpha value is -6.23. The van der Waals surface area contributed by atoms with E-state index in [0.717, 1.165) is 38.6 Å². The highest BCUT2D eigenvalue weighted by molar-refractivity contribution is 6.14. The molecular weight excluding hydrogens is 816 g/mol. The number of carbonyl (C=O) groups excluding carboxylic acids is 2. The number of hydrogen-bond donors (Lipinski definition) is 2. The molecule has 0 heterocycles. The summed E-state index contributed by atoms with van der Waals surface area (Å²) in [6, 6.07) is 41.5. The number of hydrogen-bond acceptors (Lipinski definition) is 6. The SMILES string of the molecule is CC1=CCCC2(C)C(CCC2(O)CN(Cc2ccc(OC(F)(F)F)cc2)C(=O)Oc2ccc3ccccc3c2)c2ccc(cc2C(=O)c2ccccc2-c2ccccc2)CC(O)CC1. The molecule has 2 bridgehead atoms. The molecule has 9 rings (SSSR count). The molecule has 0 aliphatic heterocycles. The van der Waals surface area contributed by atoms with Gasteiger partial charge in [0, 0.05) is 23.1 Å². The third-order valence-corrected chi connectivity index (χ3v) is 13.3. The molecule has 3 aliphatic carbocycles. The number of ether oxygens (including phenoxy) is 2. The van der Waals surface area contributed by atoms with Crippen molar-refractivity contribution < 1.29 is 42.4 Å². The minimum absolute atomic E-state index is 0.0855. The van der Waals surface area contributed by atoms with Gasteiger partial charge in [-0.1, -0.05) is 128 Å². The summed E-state index contributed by atoms with van der Waals surface area (Å²) in [4.78, 5) is 31.0. The van der Waals surface area contributed by atoms with Crippen molar-refractivity contribution in [3.63, 3.8) is 0 Å². The van der Waals surface area contributed by atoms with Crippen LogP contribution in [-0.2, 0) is 13.0 Å². The maximum atomic E-state index is 15.1. The highest BCUT2D eigenvalue weighted by atomic mass is 19.4. The summed E-state index contributed by atoms with van der Waals surface area (Å²) in [6.45, 7) is 3.83. The molecule has 10 heteroatoms. The van der Waals surface area contributed by atoms with Gasteiger partial charge < -0.3 is 24.6 Å². The number of amides is 1. The lowest BCUT2D eigenvalue weighted by Crippen LogP contribution is -2.54. The number of aliphatic hydroxyl groups excluding tert-OH is 1. The summed E-state index contributed by atoms with van der Waals surface area (Å²) >= 11 is 0. The lowest BCUT2D eigenvalue weighted by atomic mass is 9.64. The largest absolute Gasteiger partial charge is 0.573 e. The average molecular weight is 868 g/mol. The number of rotatable bonds is 9. The maximum absolute atomic E-state index is 15.1. The quantitative estimate of drug-likeness (QED) is 0.111. The van der Waals surface area contributed by atoms with Crippen LogP contribution in [-0.4, -0.2) is 51.6 Å². The van der Waals surface area contributed by atoms with Crippen LogP contribution in [0.15, 0.2) is 151 Å². The van der Waals surface area contributed by atoms with E-state index in [-0.39, 0.29) is 31.2 Å². The van der Waals surface area contributed by atoms with Crippen LogP contribution in [0.5, 0.6) is 11.5 Å². The molecule has 6 aromatic carbocycles. The van der Waals surface area contributed by atoms with Gasteiger partial charge in [-0.2, -0.15) is 0 Å². The Balaban J connectivity index is 1.19. The summed E-state index contributed by atoms with van der Waals surface area (Å²) in [5.41, 5.74) is 3.56. The average Bonchev–Trinajstić information content (AvgIpc) is 3.53. The van der Waals surface area contributed by atoms with Crippen LogP contribution in [0.3, 0.4) is 0 Å². The minimum atomic E-state index is -4.87. The first-order chi connectivity index (χ1) is 30.7. The molecule has 0 radical (unpaired) electrons. The molecule has 2 N–H and O–H groups in total. The Morgan fingerprint density at radius 3 is 2.25 bits per heavy atom. The zero-order valence-electron chi connectivity index (χ0n) is 36.0. The molecule has 4 atom stereocenters. The van der Waals surface area contributed by atoms with Gasteiger partial charge in [-0.25, -0.2) is 4.79 Å². The Morgan fingerprint density at radius 2 is 1.48 bits per heavy atom. The fourth-order valence-electron chi connectivity index (χ4n) is 9.81. The first-order valence-corrected chi connectivity index (χ1v) is 21.9. The summed E-state index contributed by atoms with van der Waals surface area (Å²) in [5.74, 6) is -0.599. The Morgan fingerprint density at radius 1 is 0.781 bits per heavy atom. The number of carbonyl (C=O) groups is 2. The van der Waals surface area contributed by atoms with Gasteiger partial charge in [0.2, 0.25) is 0 Å². The summed E-state index contributed by atoms with van der Waals surface area (Å²) in [6.07, 6.45) is -0.583. The van der Waals surface area contributed by atoms with Crippen LogP contribution in [0, 0.1) is 5.41 Å². The Kier molecular flexibility index (Phi) is 12.8. The third-order valence-electron chi connectivity index (χ3n) is 13.3. The topological polar surface area (TPSA) is 96.3 Å². The minimum Gasteiger partial charge on any atom is -0.410 e.